The van der Waals surface area contributed by atoms with Crippen molar-refractivity contribution in [2.24, 2.45) is 0 Å². The fourth-order valence-electron chi connectivity index (χ4n) is 2.82. The van der Waals surface area contributed by atoms with Crippen LogP contribution in [0.1, 0.15) is 15.9 Å². The van der Waals surface area contributed by atoms with Crippen molar-refractivity contribution in [1.29, 1.82) is 0 Å². The number of methoxy groups -OCH3 is 3. The highest BCUT2D eigenvalue weighted by Crippen LogP contribution is 2.30. The van der Waals surface area contributed by atoms with Crippen LogP contribution in [0, 0.1) is 0 Å². The van der Waals surface area contributed by atoms with Gasteiger partial charge in [0.05, 0.1) is 27.0 Å². The first-order valence-electron chi connectivity index (χ1n) is 9.12. The van der Waals surface area contributed by atoms with E-state index in [4.69, 9.17) is 30.5 Å². The van der Waals surface area contributed by atoms with Gasteiger partial charge in [-0.25, -0.2) is 0 Å². The summed E-state index contributed by atoms with van der Waals surface area (Å²) in [5, 5.41) is 3.49. The van der Waals surface area contributed by atoms with Gasteiger partial charge in [-0.3, -0.25) is 4.79 Å². The molecule has 7 heteroatoms. The van der Waals surface area contributed by atoms with Crippen molar-refractivity contribution >= 4 is 23.2 Å². The molecule has 30 heavy (non-hydrogen) atoms. The van der Waals surface area contributed by atoms with Crippen LogP contribution in [0.15, 0.2) is 60.7 Å². The molecule has 0 saturated heterocycles. The standard InChI is InChI=1S/C23H22ClNO5/c1-27-19-9-10-20(22(13-19)29-3)25-23(26)15-4-11-21(28-2)16(12-15)14-30-18-7-5-17(24)6-8-18/h4-13H,14H2,1-3H3,(H,25,26). The van der Waals surface area contributed by atoms with Crippen molar-refractivity contribution < 1.29 is 23.7 Å². The van der Waals surface area contributed by atoms with Gasteiger partial charge in [-0.15, -0.1) is 0 Å². The molecule has 0 fully saturated rings. The third-order valence-corrected chi connectivity index (χ3v) is 4.66. The number of hydrogen-bond acceptors (Lipinski definition) is 5. The molecule has 0 heterocycles. The summed E-state index contributed by atoms with van der Waals surface area (Å²) in [6.45, 7) is 0.234. The number of amides is 1. The highest BCUT2D eigenvalue weighted by molar-refractivity contribution is 6.30. The van der Waals surface area contributed by atoms with Gasteiger partial charge in [-0.05, 0) is 54.6 Å². The third kappa shape index (κ3) is 5.15. The van der Waals surface area contributed by atoms with Crippen molar-refractivity contribution in [2.45, 2.75) is 6.61 Å². The molecule has 0 aliphatic carbocycles. The van der Waals surface area contributed by atoms with Gasteiger partial charge in [0.1, 0.15) is 29.6 Å². The monoisotopic (exact) mass is 427 g/mol. The lowest BCUT2D eigenvalue weighted by Gasteiger charge is -2.14. The van der Waals surface area contributed by atoms with Crippen LogP contribution in [0.5, 0.6) is 23.0 Å². The van der Waals surface area contributed by atoms with Gasteiger partial charge in [0.2, 0.25) is 0 Å². The number of anilines is 1. The Hall–Kier alpha value is -3.38. The Labute approximate surface area is 180 Å². The second-order valence-corrected chi connectivity index (χ2v) is 6.73. The van der Waals surface area contributed by atoms with Gasteiger partial charge in [0, 0.05) is 22.2 Å². The number of carbonyl (C=O) groups is 1. The number of ether oxygens (including phenoxy) is 4. The van der Waals surface area contributed by atoms with E-state index in [1.54, 1.807) is 74.9 Å². The first-order valence-corrected chi connectivity index (χ1v) is 9.50. The van der Waals surface area contributed by atoms with E-state index in [0.717, 1.165) is 5.56 Å². The molecule has 0 aromatic heterocycles. The lowest BCUT2D eigenvalue weighted by Crippen LogP contribution is -2.13. The molecule has 3 aromatic carbocycles. The Bertz CT molecular complexity index is 1020. The predicted molar refractivity (Wildman–Crippen MR) is 116 cm³/mol. The highest BCUT2D eigenvalue weighted by atomic mass is 35.5. The molecule has 3 aromatic rings. The lowest BCUT2D eigenvalue weighted by molar-refractivity contribution is 0.102. The third-order valence-electron chi connectivity index (χ3n) is 4.41. The Morgan fingerprint density at radius 2 is 1.53 bits per heavy atom. The molecule has 6 nitrogen and oxygen atoms in total. The Kier molecular flexibility index (Phi) is 7.03. The lowest BCUT2D eigenvalue weighted by atomic mass is 10.1. The van der Waals surface area contributed by atoms with Crippen LogP contribution < -0.4 is 24.3 Å². The molecule has 0 aliphatic heterocycles. The van der Waals surface area contributed by atoms with Gasteiger partial charge in [0.15, 0.2) is 0 Å². The maximum absolute atomic E-state index is 12.8. The first kappa shape index (κ1) is 21.3. The van der Waals surface area contributed by atoms with Crippen molar-refractivity contribution in [3.63, 3.8) is 0 Å². The van der Waals surface area contributed by atoms with Crippen molar-refractivity contribution in [1.82, 2.24) is 0 Å². The zero-order valence-corrected chi connectivity index (χ0v) is 17.7. The quantitative estimate of drug-likeness (QED) is 0.535. The minimum absolute atomic E-state index is 0.234. The van der Waals surface area contributed by atoms with Crippen LogP contribution in [0.2, 0.25) is 5.02 Å². The smallest absolute Gasteiger partial charge is 0.255 e. The number of hydrogen-bond donors (Lipinski definition) is 1. The summed E-state index contributed by atoms with van der Waals surface area (Å²) in [6.07, 6.45) is 0. The average molecular weight is 428 g/mol. The van der Waals surface area contributed by atoms with Crippen LogP contribution in [0.3, 0.4) is 0 Å². The number of benzene rings is 3. The summed E-state index contributed by atoms with van der Waals surface area (Å²) in [5.74, 6) is 2.15. The largest absolute Gasteiger partial charge is 0.497 e. The molecule has 0 aliphatic rings. The molecule has 0 radical (unpaired) electrons. The number of rotatable bonds is 8. The molecule has 156 valence electrons. The summed E-state index contributed by atoms with van der Waals surface area (Å²) in [5.41, 5.74) is 1.74. The van der Waals surface area contributed by atoms with E-state index in [1.807, 2.05) is 0 Å². The molecule has 0 saturated carbocycles. The van der Waals surface area contributed by atoms with Crippen LogP contribution in [-0.4, -0.2) is 27.2 Å². The maximum Gasteiger partial charge on any atom is 0.255 e. The van der Waals surface area contributed by atoms with Gasteiger partial charge >= 0.3 is 0 Å². The molecule has 0 unspecified atom stereocenters. The second-order valence-electron chi connectivity index (χ2n) is 6.29. The van der Waals surface area contributed by atoms with Crippen molar-refractivity contribution in [3.8, 4) is 23.0 Å². The Balaban J connectivity index is 1.78. The SMILES string of the molecule is COc1ccc(NC(=O)c2ccc(OC)c(COc3ccc(Cl)cc3)c2)c(OC)c1. The van der Waals surface area contributed by atoms with Crippen LogP contribution in [0.25, 0.3) is 0 Å². The van der Waals surface area contributed by atoms with E-state index in [0.29, 0.717) is 39.3 Å². The molecular formula is C23H22ClNO5. The molecular weight excluding hydrogens is 406 g/mol. The van der Waals surface area contributed by atoms with Gasteiger partial charge in [-0.2, -0.15) is 0 Å². The highest BCUT2D eigenvalue weighted by Gasteiger charge is 2.14. The minimum Gasteiger partial charge on any atom is -0.497 e. The summed E-state index contributed by atoms with van der Waals surface area (Å²) in [7, 11) is 4.67. The summed E-state index contributed by atoms with van der Waals surface area (Å²) < 4.78 is 21.7. The van der Waals surface area contributed by atoms with Crippen LogP contribution in [-0.2, 0) is 6.61 Å². The molecule has 1 amide bonds. The average Bonchev–Trinajstić information content (AvgIpc) is 2.78. The Morgan fingerprint density at radius 3 is 2.20 bits per heavy atom. The van der Waals surface area contributed by atoms with Crippen LogP contribution in [0.4, 0.5) is 5.69 Å². The van der Waals surface area contributed by atoms with Gasteiger partial charge in [-0.1, -0.05) is 11.6 Å². The number of carbonyl (C=O) groups excluding carboxylic acids is 1. The van der Waals surface area contributed by atoms with E-state index < -0.39 is 0 Å². The fraction of sp³-hybridized carbons (Fsp3) is 0.174. The van der Waals surface area contributed by atoms with E-state index in [2.05, 4.69) is 5.32 Å². The molecule has 1 N–H and O–H groups in total. The molecule has 3 rings (SSSR count). The molecule has 0 atom stereocenters. The van der Waals surface area contributed by atoms with E-state index >= 15 is 0 Å². The second kappa shape index (κ2) is 9.89. The summed E-state index contributed by atoms with van der Waals surface area (Å²) in [6, 6.07) is 17.4. The zero-order valence-electron chi connectivity index (χ0n) is 16.9. The topological polar surface area (TPSA) is 66.0 Å². The van der Waals surface area contributed by atoms with E-state index in [9.17, 15) is 4.79 Å². The number of nitrogens with one attached hydrogen (secondary N) is 1. The van der Waals surface area contributed by atoms with Crippen LogP contribution >= 0.6 is 11.6 Å². The van der Waals surface area contributed by atoms with Gasteiger partial charge < -0.3 is 24.3 Å². The summed E-state index contributed by atoms with van der Waals surface area (Å²) >= 11 is 5.90. The van der Waals surface area contributed by atoms with E-state index in [1.165, 1.54) is 7.11 Å². The van der Waals surface area contributed by atoms with Gasteiger partial charge in [0.25, 0.3) is 5.91 Å². The molecule has 0 spiro atoms. The molecule has 0 bridgehead atoms. The number of halogens is 1. The first-order chi connectivity index (χ1) is 14.5. The minimum atomic E-state index is -0.283. The Morgan fingerprint density at radius 1 is 0.833 bits per heavy atom. The summed E-state index contributed by atoms with van der Waals surface area (Å²) in [4.78, 5) is 12.8. The van der Waals surface area contributed by atoms with Crippen molar-refractivity contribution in [3.05, 3.63) is 76.8 Å². The maximum atomic E-state index is 12.8. The fourth-order valence-corrected chi connectivity index (χ4v) is 2.95. The van der Waals surface area contributed by atoms with E-state index in [-0.39, 0.29) is 12.5 Å². The predicted octanol–water partition coefficient (Wildman–Crippen LogP) is 5.20. The normalized spacial score (nSPS) is 10.3. The zero-order chi connectivity index (χ0) is 21.5. The van der Waals surface area contributed by atoms with Crippen molar-refractivity contribution in [2.75, 3.05) is 26.6 Å².